The molecule has 2 fully saturated rings. The molecule has 0 radical (unpaired) electrons. The van der Waals surface area contributed by atoms with Crippen LogP contribution < -0.4 is 5.73 Å². The van der Waals surface area contributed by atoms with Crippen molar-refractivity contribution in [2.45, 2.75) is 57.0 Å². The zero-order valence-corrected chi connectivity index (χ0v) is 10.0. The van der Waals surface area contributed by atoms with Crippen LogP contribution in [0.3, 0.4) is 0 Å². The van der Waals surface area contributed by atoms with Crippen molar-refractivity contribution in [1.82, 2.24) is 0 Å². The van der Waals surface area contributed by atoms with E-state index >= 15 is 0 Å². The summed E-state index contributed by atoms with van der Waals surface area (Å²) < 4.78 is 11.8. The summed E-state index contributed by atoms with van der Waals surface area (Å²) >= 11 is 0. The molecule has 1 aliphatic carbocycles. The predicted molar refractivity (Wildman–Crippen MR) is 61.1 cm³/mol. The van der Waals surface area contributed by atoms with Gasteiger partial charge in [-0.2, -0.15) is 0 Å². The van der Waals surface area contributed by atoms with E-state index in [4.69, 9.17) is 20.3 Å². The van der Waals surface area contributed by atoms with E-state index in [0.717, 1.165) is 31.8 Å². The number of hydrogen-bond acceptors (Lipinski definition) is 4. The number of carbonyl (C=O) groups is 1. The predicted octanol–water partition coefficient (Wildman–Crippen LogP) is 1.38. The molecule has 0 aromatic carbocycles. The zero-order chi connectivity index (χ0) is 12.5. The Morgan fingerprint density at radius 1 is 1.35 bits per heavy atom. The molecular formula is C12H19NO4. The van der Waals surface area contributed by atoms with Gasteiger partial charge in [0.15, 0.2) is 5.79 Å². The minimum atomic E-state index is -1.05. The van der Waals surface area contributed by atoms with E-state index in [0.29, 0.717) is 0 Å². The molecule has 2 rings (SSSR count). The van der Waals surface area contributed by atoms with Gasteiger partial charge in [-0.3, -0.25) is 0 Å². The fourth-order valence-electron chi connectivity index (χ4n) is 2.65. The van der Waals surface area contributed by atoms with E-state index in [1.165, 1.54) is 6.42 Å². The number of hydrogen-bond donors (Lipinski definition) is 2. The highest BCUT2D eigenvalue weighted by Crippen LogP contribution is 2.41. The fraction of sp³-hybridized carbons (Fsp3) is 0.750. The van der Waals surface area contributed by atoms with Gasteiger partial charge in [0.05, 0.1) is 6.10 Å². The number of carboxylic acid groups (broad SMARTS) is 1. The van der Waals surface area contributed by atoms with Crippen molar-refractivity contribution >= 4 is 5.97 Å². The topological polar surface area (TPSA) is 81.8 Å². The van der Waals surface area contributed by atoms with Gasteiger partial charge in [-0.1, -0.05) is 6.42 Å². The van der Waals surface area contributed by atoms with Crippen molar-refractivity contribution in [3.8, 4) is 0 Å². The second-order valence-electron chi connectivity index (χ2n) is 4.82. The monoisotopic (exact) mass is 241 g/mol. The Morgan fingerprint density at radius 2 is 2.00 bits per heavy atom. The summed E-state index contributed by atoms with van der Waals surface area (Å²) in [4.78, 5) is 10.6. The molecule has 2 aliphatic rings. The van der Waals surface area contributed by atoms with Gasteiger partial charge < -0.3 is 20.3 Å². The van der Waals surface area contributed by atoms with E-state index in [9.17, 15) is 4.79 Å². The van der Waals surface area contributed by atoms with E-state index in [2.05, 4.69) is 0 Å². The van der Waals surface area contributed by atoms with Gasteiger partial charge in [-0.05, 0) is 19.8 Å². The molecule has 96 valence electrons. The third-order valence-corrected chi connectivity index (χ3v) is 3.40. The van der Waals surface area contributed by atoms with Crippen LogP contribution in [0.25, 0.3) is 0 Å². The maximum Gasteiger partial charge on any atom is 0.330 e. The fourth-order valence-corrected chi connectivity index (χ4v) is 2.65. The van der Waals surface area contributed by atoms with Gasteiger partial charge in [-0.25, -0.2) is 4.79 Å². The van der Waals surface area contributed by atoms with Gasteiger partial charge in [-0.15, -0.1) is 0 Å². The lowest BCUT2D eigenvalue weighted by Gasteiger charge is -2.31. The third kappa shape index (κ3) is 2.61. The van der Waals surface area contributed by atoms with Crippen LogP contribution in [0.2, 0.25) is 0 Å². The first-order valence-corrected chi connectivity index (χ1v) is 6.08. The van der Waals surface area contributed by atoms with Crippen LogP contribution in [0, 0.1) is 0 Å². The van der Waals surface area contributed by atoms with E-state index < -0.39 is 17.9 Å². The molecular weight excluding hydrogens is 222 g/mol. The minimum Gasteiger partial charge on any atom is -0.478 e. The maximum atomic E-state index is 10.6. The van der Waals surface area contributed by atoms with E-state index in [1.807, 2.05) is 6.92 Å². The van der Waals surface area contributed by atoms with Gasteiger partial charge in [0.1, 0.15) is 6.10 Å². The quantitative estimate of drug-likeness (QED) is 0.714. The molecule has 1 saturated heterocycles. The standard InChI is InChI=1S/C12H19NO4/c1-8-11(9(13)7-10(14)15)17-12(16-8)5-3-2-4-6-12/h7-8,11H,2-6,13H2,1H3,(H,14,15)/t8-,11+/m0/s1. The van der Waals surface area contributed by atoms with Crippen molar-refractivity contribution in [2.75, 3.05) is 0 Å². The second kappa shape index (κ2) is 4.66. The van der Waals surface area contributed by atoms with E-state index in [1.54, 1.807) is 0 Å². The van der Waals surface area contributed by atoms with Gasteiger partial charge in [0.25, 0.3) is 0 Å². The first-order chi connectivity index (χ1) is 8.02. The summed E-state index contributed by atoms with van der Waals surface area (Å²) in [6.45, 7) is 1.87. The van der Waals surface area contributed by atoms with Crippen LogP contribution in [0.5, 0.6) is 0 Å². The summed E-state index contributed by atoms with van der Waals surface area (Å²) in [5.41, 5.74) is 5.96. The van der Waals surface area contributed by atoms with Crippen LogP contribution in [-0.2, 0) is 14.3 Å². The Kier molecular flexibility index (Phi) is 3.40. The first-order valence-electron chi connectivity index (χ1n) is 6.08. The Bertz CT molecular complexity index is 333. The van der Waals surface area contributed by atoms with Gasteiger partial charge >= 0.3 is 5.97 Å². The van der Waals surface area contributed by atoms with Crippen molar-refractivity contribution in [2.24, 2.45) is 5.73 Å². The van der Waals surface area contributed by atoms with Crippen molar-refractivity contribution < 1.29 is 19.4 Å². The molecule has 5 nitrogen and oxygen atoms in total. The number of rotatable bonds is 2. The van der Waals surface area contributed by atoms with Crippen LogP contribution in [-0.4, -0.2) is 29.1 Å². The molecule has 5 heteroatoms. The van der Waals surface area contributed by atoms with Crippen LogP contribution in [0.15, 0.2) is 11.8 Å². The van der Waals surface area contributed by atoms with Crippen molar-refractivity contribution in [3.63, 3.8) is 0 Å². The molecule has 0 aromatic rings. The molecule has 0 amide bonds. The van der Waals surface area contributed by atoms with Crippen LogP contribution in [0.1, 0.15) is 39.0 Å². The highest BCUT2D eigenvalue weighted by atomic mass is 16.8. The average molecular weight is 241 g/mol. The number of ether oxygens (including phenoxy) is 2. The normalized spacial score (nSPS) is 32.9. The molecule has 0 bridgehead atoms. The lowest BCUT2D eigenvalue weighted by molar-refractivity contribution is -0.190. The number of nitrogens with two attached hydrogens (primary N) is 1. The van der Waals surface area contributed by atoms with Gasteiger partial charge in [0.2, 0.25) is 0 Å². The number of aliphatic carboxylic acids is 1. The molecule has 17 heavy (non-hydrogen) atoms. The summed E-state index contributed by atoms with van der Waals surface area (Å²) in [5, 5.41) is 8.68. The molecule has 1 spiro atoms. The molecule has 0 aromatic heterocycles. The first kappa shape index (κ1) is 12.4. The van der Waals surface area contributed by atoms with Crippen molar-refractivity contribution in [3.05, 3.63) is 11.8 Å². The average Bonchev–Trinajstić information content (AvgIpc) is 2.55. The van der Waals surface area contributed by atoms with Crippen molar-refractivity contribution in [1.29, 1.82) is 0 Å². The zero-order valence-electron chi connectivity index (χ0n) is 10.0. The minimum absolute atomic E-state index is 0.191. The molecule has 1 heterocycles. The Hall–Kier alpha value is -1.07. The van der Waals surface area contributed by atoms with Crippen LogP contribution in [0.4, 0.5) is 0 Å². The largest absolute Gasteiger partial charge is 0.478 e. The second-order valence-corrected chi connectivity index (χ2v) is 4.82. The molecule has 1 aliphatic heterocycles. The lowest BCUT2D eigenvalue weighted by Crippen LogP contribution is -2.34. The Labute approximate surface area is 101 Å². The number of carboxylic acids is 1. The smallest absolute Gasteiger partial charge is 0.330 e. The van der Waals surface area contributed by atoms with Crippen LogP contribution >= 0.6 is 0 Å². The SMILES string of the molecule is C[C@@H]1OC2(CCCCC2)O[C@H]1C(N)=CC(=O)O. The summed E-state index contributed by atoms with van der Waals surface area (Å²) in [5.74, 6) is -1.58. The summed E-state index contributed by atoms with van der Waals surface area (Å²) in [6.07, 6.45) is 5.47. The maximum absolute atomic E-state index is 10.6. The highest BCUT2D eigenvalue weighted by molar-refractivity contribution is 5.80. The Balaban J connectivity index is 2.09. The van der Waals surface area contributed by atoms with Gasteiger partial charge in [0, 0.05) is 24.6 Å². The lowest BCUT2D eigenvalue weighted by atomic mass is 9.94. The summed E-state index contributed by atoms with van der Waals surface area (Å²) in [7, 11) is 0. The Morgan fingerprint density at radius 3 is 2.59 bits per heavy atom. The third-order valence-electron chi connectivity index (χ3n) is 3.40. The molecule has 0 unspecified atom stereocenters. The molecule has 1 saturated carbocycles. The molecule has 3 N–H and O–H groups in total. The molecule has 2 atom stereocenters. The summed E-state index contributed by atoms with van der Waals surface area (Å²) in [6, 6.07) is 0. The highest BCUT2D eigenvalue weighted by Gasteiger charge is 2.47. The van der Waals surface area contributed by atoms with E-state index in [-0.39, 0.29) is 11.8 Å².